The van der Waals surface area contributed by atoms with E-state index in [9.17, 15) is 44.4 Å². The van der Waals surface area contributed by atoms with Crippen molar-refractivity contribution in [3.63, 3.8) is 0 Å². The van der Waals surface area contributed by atoms with Gasteiger partial charge in [0.2, 0.25) is 11.6 Å². The number of aliphatic hydroxyl groups is 3. The van der Waals surface area contributed by atoms with Crippen LogP contribution in [0.4, 0.5) is 0 Å². The fraction of sp³-hybridized carbons (Fsp3) is 0.375. The first-order valence-electron chi connectivity index (χ1n) is 16.7. The van der Waals surface area contributed by atoms with Crippen molar-refractivity contribution in [3.8, 4) is 5.75 Å². The number of fused-ring (bicyclic) bond motifs is 18. The number of ketones is 4. The van der Waals surface area contributed by atoms with Crippen LogP contribution < -0.4 is 5.32 Å². The Morgan fingerprint density at radius 1 is 0.745 bits per heavy atom. The summed E-state index contributed by atoms with van der Waals surface area (Å²) in [7, 11) is 0. The van der Waals surface area contributed by atoms with E-state index in [2.05, 4.69) is 5.32 Å². The highest BCUT2D eigenvalue weighted by Gasteiger charge is 2.38. The Morgan fingerprint density at radius 2 is 1.41 bits per heavy atom. The molecule has 272 valence electrons. The van der Waals surface area contributed by atoms with Gasteiger partial charge in [0, 0.05) is 40.9 Å². The third-order valence-corrected chi connectivity index (χ3v) is 9.47. The van der Waals surface area contributed by atoms with Crippen molar-refractivity contribution >= 4 is 40.6 Å². The first-order valence-corrected chi connectivity index (χ1v) is 17.1. The van der Waals surface area contributed by atoms with Gasteiger partial charge in [-0.3, -0.25) is 24.0 Å². The molecule has 2 heterocycles. The van der Waals surface area contributed by atoms with Crippen molar-refractivity contribution in [2.75, 3.05) is 0 Å². The first kappa shape index (κ1) is 40.9. The lowest BCUT2D eigenvalue weighted by molar-refractivity contribution is -0.118. The Hall–Kier alpha value is -4.48. The second-order valence-electron chi connectivity index (χ2n) is 13.3. The van der Waals surface area contributed by atoms with Crippen molar-refractivity contribution in [2.45, 2.75) is 79.6 Å². The van der Waals surface area contributed by atoms with Gasteiger partial charge in [0.15, 0.2) is 11.6 Å². The molecule has 0 aromatic heterocycles. The Morgan fingerprint density at radius 3 is 2.08 bits per heavy atom. The SMILES string of the molecule is CC1=CC=C/C=C\[C@H](C)[C@@H](O)CC(=O)/C(C)=C/C[C@H](O)/C=C\[C@H](C)[C@H](O)[C@@H](C)/C=C(/C)C(=O)c2c(O)c(C)cc3c2C(=O)C(Cl)=C(NC1=O)C3=O. The summed E-state index contributed by atoms with van der Waals surface area (Å²) in [6.45, 7) is 11.2. The van der Waals surface area contributed by atoms with Gasteiger partial charge in [-0.15, -0.1) is 0 Å². The molecule has 6 atom stereocenters. The summed E-state index contributed by atoms with van der Waals surface area (Å²) in [5.74, 6) is -5.47. The van der Waals surface area contributed by atoms with Gasteiger partial charge in [0.1, 0.15) is 16.5 Å². The summed E-state index contributed by atoms with van der Waals surface area (Å²) in [5.41, 5.74) is -0.708. The molecular formula is C40H46ClNO9. The summed E-state index contributed by atoms with van der Waals surface area (Å²) < 4.78 is 0. The lowest BCUT2D eigenvalue weighted by Gasteiger charge is -2.23. The highest BCUT2D eigenvalue weighted by atomic mass is 35.5. The number of halogens is 1. The monoisotopic (exact) mass is 719 g/mol. The van der Waals surface area contributed by atoms with E-state index in [0.717, 1.165) is 0 Å². The van der Waals surface area contributed by atoms with Crippen LogP contribution in [0.2, 0.25) is 0 Å². The number of aliphatic hydroxyl groups excluding tert-OH is 3. The Bertz CT molecular complexity index is 1820. The molecule has 0 radical (unpaired) electrons. The molecule has 4 rings (SSSR count). The van der Waals surface area contributed by atoms with E-state index in [-0.39, 0.29) is 46.8 Å². The zero-order chi connectivity index (χ0) is 38.3. The molecule has 2 aliphatic heterocycles. The second-order valence-corrected chi connectivity index (χ2v) is 13.7. The zero-order valence-corrected chi connectivity index (χ0v) is 30.6. The van der Waals surface area contributed by atoms with E-state index in [1.807, 2.05) is 0 Å². The number of carbonyl (C=O) groups excluding carboxylic acids is 5. The van der Waals surface area contributed by atoms with Crippen LogP contribution in [-0.4, -0.2) is 67.8 Å². The maximum atomic E-state index is 13.8. The lowest BCUT2D eigenvalue weighted by Crippen LogP contribution is -2.34. The second kappa shape index (κ2) is 17.6. The van der Waals surface area contributed by atoms with Gasteiger partial charge in [-0.25, -0.2) is 0 Å². The largest absolute Gasteiger partial charge is 0.507 e. The Balaban J connectivity index is 2.08. The molecule has 1 aromatic carbocycles. The van der Waals surface area contributed by atoms with Crippen molar-refractivity contribution in [3.05, 3.63) is 110 Å². The maximum Gasteiger partial charge on any atom is 0.251 e. The molecule has 51 heavy (non-hydrogen) atoms. The molecule has 3 aliphatic rings. The molecule has 0 unspecified atom stereocenters. The van der Waals surface area contributed by atoms with E-state index in [0.29, 0.717) is 5.57 Å². The van der Waals surface area contributed by atoms with E-state index in [1.54, 1.807) is 64.2 Å². The highest BCUT2D eigenvalue weighted by molar-refractivity contribution is 6.51. The summed E-state index contributed by atoms with van der Waals surface area (Å²) in [6.07, 6.45) is 11.3. The summed E-state index contributed by atoms with van der Waals surface area (Å²) >= 11 is 6.36. The molecule has 1 amide bonds. The Kier molecular flexibility index (Phi) is 14.2. The van der Waals surface area contributed by atoms with Crippen LogP contribution in [0.1, 0.15) is 91.0 Å². The van der Waals surface area contributed by atoms with Gasteiger partial charge < -0.3 is 25.7 Å². The number of rotatable bonds is 0. The fourth-order valence-electron chi connectivity index (χ4n) is 5.62. The molecule has 10 nitrogen and oxygen atoms in total. The number of nitrogens with one attached hydrogen (secondary N) is 1. The molecule has 1 aliphatic carbocycles. The van der Waals surface area contributed by atoms with Crippen LogP contribution >= 0.6 is 11.6 Å². The van der Waals surface area contributed by atoms with Crippen LogP contribution in [-0.2, 0) is 9.59 Å². The average Bonchev–Trinajstić information content (AvgIpc) is 3.09. The van der Waals surface area contributed by atoms with Crippen molar-refractivity contribution in [1.29, 1.82) is 0 Å². The molecule has 0 fully saturated rings. The van der Waals surface area contributed by atoms with Gasteiger partial charge in [-0.2, -0.15) is 0 Å². The lowest BCUT2D eigenvalue weighted by atomic mass is 9.83. The van der Waals surface area contributed by atoms with Crippen LogP contribution in [0, 0.1) is 24.7 Å². The minimum atomic E-state index is -1.01. The molecular weight excluding hydrogens is 674 g/mol. The molecule has 0 saturated heterocycles. The van der Waals surface area contributed by atoms with Crippen molar-refractivity contribution in [2.24, 2.45) is 17.8 Å². The number of aromatic hydroxyl groups is 1. The Labute approximate surface area is 303 Å². The number of carbonyl (C=O) groups is 5. The third-order valence-electron chi connectivity index (χ3n) is 9.11. The number of hydrogen-bond donors (Lipinski definition) is 5. The summed E-state index contributed by atoms with van der Waals surface area (Å²) in [6, 6.07) is 1.26. The molecule has 0 saturated carbocycles. The molecule has 11 heteroatoms. The third kappa shape index (κ3) is 9.86. The van der Waals surface area contributed by atoms with Crippen LogP contribution in [0.5, 0.6) is 5.75 Å². The minimum absolute atomic E-state index is 0.0812. The van der Waals surface area contributed by atoms with Gasteiger partial charge in [0.25, 0.3) is 5.91 Å². The number of Topliss-reactive ketones (excluding diaryl/α,β-unsaturated/α-hetero) is 4. The predicted octanol–water partition coefficient (Wildman–Crippen LogP) is 5.69. The van der Waals surface area contributed by atoms with E-state index in [4.69, 9.17) is 11.6 Å². The summed E-state index contributed by atoms with van der Waals surface area (Å²) in [5, 5.41) is 44.9. The van der Waals surface area contributed by atoms with Crippen LogP contribution in [0.3, 0.4) is 0 Å². The molecule has 0 spiro atoms. The number of aryl methyl sites for hydroxylation is 1. The predicted molar refractivity (Wildman–Crippen MR) is 195 cm³/mol. The first-order chi connectivity index (χ1) is 23.9. The van der Waals surface area contributed by atoms with Gasteiger partial charge in [-0.1, -0.05) is 87.1 Å². The van der Waals surface area contributed by atoms with E-state index in [1.165, 1.54) is 45.1 Å². The van der Waals surface area contributed by atoms with Gasteiger partial charge >= 0.3 is 0 Å². The van der Waals surface area contributed by atoms with Crippen molar-refractivity contribution in [1.82, 2.24) is 5.32 Å². The molecule has 1 aromatic rings. The smallest absolute Gasteiger partial charge is 0.251 e. The molecule has 4 bridgehead atoms. The van der Waals surface area contributed by atoms with Crippen LogP contribution in [0.15, 0.2) is 88.2 Å². The number of phenols is 1. The number of phenolic OH excluding ortho intramolecular Hbond substituents is 1. The maximum absolute atomic E-state index is 13.8. The number of amides is 1. The standard InChI is InChI=1S/C40H46ClNO9/c1-20-11-9-8-10-12-23(4)40(51)42-34-33(41)39(50)31-28(38(34)49)18-26(7)37(48)32(31)36(47)25(6)17-24(5)35(46)22(3)14-16-27(43)15-13-21(2)30(45)19-29(20)44/h8-14,16-18,20,22,24,27,29,35,43-44,46,48H,15,19H2,1-7H3,(H,42,51)/b10-8?,11-9-,16-14-,21-13+,23-12?,25-17-/t20-,22-,24-,27-,29-,35-/m0/s1. The van der Waals surface area contributed by atoms with Gasteiger partial charge in [0.05, 0.1) is 23.9 Å². The zero-order valence-electron chi connectivity index (χ0n) is 29.9. The normalized spacial score (nSPS) is 29.9. The van der Waals surface area contributed by atoms with E-state index < -0.39 is 81.0 Å². The minimum Gasteiger partial charge on any atom is -0.507 e. The number of allylic oxidation sites excluding steroid dienone is 8. The van der Waals surface area contributed by atoms with Crippen molar-refractivity contribution < 1.29 is 44.4 Å². The van der Waals surface area contributed by atoms with Crippen LogP contribution in [0.25, 0.3) is 0 Å². The average molecular weight is 720 g/mol. The summed E-state index contributed by atoms with van der Waals surface area (Å²) in [4.78, 5) is 66.8. The highest BCUT2D eigenvalue weighted by Crippen LogP contribution is 2.37. The topological polar surface area (TPSA) is 178 Å². The fourth-order valence-corrected chi connectivity index (χ4v) is 5.85. The quantitative estimate of drug-likeness (QED) is 0.211. The number of hydrogen-bond acceptors (Lipinski definition) is 9. The molecule has 5 N–H and O–H groups in total. The van der Waals surface area contributed by atoms with Gasteiger partial charge in [-0.05, 0) is 56.9 Å². The van der Waals surface area contributed by atoms with E-state index >= 15 is 0 Å². The number of benzene rings is 1.